The summed E-state index contributed by atoms with van der Waals surface area (Å²) < 4.78 is 1.74. The van der Waals surface area contributed by atoms with Crippen LogP contribution in [0.25, 0.3) is 0 Å². The van der Waals surface area contributed by atoms with E-state index < -0.39 is 0 Å². The Morgan fingerprint density at radius 2 is 2.62 bits per heavy atom. The van der Waals surface area contributed by atoms with Gasteiger partial charge in [-0.05, 0) is 6.92 Å². The van der Waals surface area contributed by atoms with Gasteiger partial charge in [0, 0.05) is 28.9 Å². The molecule has 13 heavy (non-hydrogen) atoms. The zero-order valence-corrected chi connectivity index (χ0v) is 9.56. The maximum absolute atomic E-state index is 11.5. The summed E-state index contributed by atoms with van der Waals surface area (Å²) in [6, 6.07) is 1.58. The summed E-state index contributed by atoms with van der Waals surface area (Å²) in [6.45, 7) is 2.63. The van der Waals surface area contributed by atoms with Crippen LogP contribution in [0.15, 0.2) is 16.0 Å². The van der Waals surface area contributed by atoms with Crippen molar-refractivity contribution in [3.63, 3.8) is 0 Å². The quantitative estimate of drug-likeness (QED) is 0.566. The van der Waals surface area contributed by atoms with E-state index in [4.69, 9.17) is 0 Å². The molecule has 0 fully saturated rings. The first-order valence-corrected chi connectivity index (χ1v) is 6.02. The van der Waals surface area contributed by atoms with E-state index in [-0.39, 0.29) is 5.56 Å². The van der Waals surface area contributed by atoms with Crippen molar-refractivity contribution in [3.8, 4) is 0 Å². The first kappa shape index (κ1) is 9.27. The molecule has 1 aliphatic heterocycles. The Labute approximate surface area is 88.7 Å². The molecule has 0 spiro atoms. The molecule has 0 amide bonds. The van der Waals surface area contributed by atoms with Gasteiger partial charge in [0.15, 0.2) is 5.16 Å². The average Bonchev–Trinajstić information content (AvgIpc) is 2.47. The van der Waals surface area contributed by atoms with Gasteiger partial charge < -0.3 is 0 Å². The van der Waals surface area contributed by atoms with Crippen LogP contribution in [0.4, 0.5) is 0 Å². The molecule has 1 unspecified atom stereocenters. The number of rotatable bonds is 1. The fraction of sp³-hybridized carbons (Fsp3) is 0.500. The van der Waals surface area contributed by atoms with Crippen LogP contribution < -0.4 is 5.56 Å². The number of alkyl halides is 1. The van der Waals surface area contributed by atoms with Gasteiger partial charge in [-0.2, -0.15) is 0 Å². The molecule has 0 bridgehead atoms. The number of fused-ring (bicyclic) bond motifs is 1. The molecule has 0 N–H and O–H groups in total. The zero-order valence-electron chi connectivity index (χ0n) is 7.16. The van der Waals surface area contributed by atoms with Gasteiger partial charge in [0.25, 0.3) is 5.56 Å². The van der Waals surface area contributed by atoms with Gasteiger partial charge in [-0.3, -0.25) is 9.36 Å². The Bertz CT molecular complexity index is 390. The van der Waals surface area contributed by atoms with E-state index in [0.717, 1.165) is 22.7 Å². The van der Waals surface area contributed by atoms with Crippen LogP contribution in [0.3, 0.4) is 0 Å². The smallest absolute Gasteiger partial charge is 0.254 e. The van der Waals surface area contributed by atoms with E-state index in [1.807, 2.05) is 6.92 Å². The first-order valence-electron chi connectivity index (χ1n) is 4.02. The molecular weight excluding hydrogens is 252 g/mol. The fourth-order valence-corrected chi connectivity index (χ4v) is 3.00. The Kier molecular flexibility index (Phi) is 2.47. The Balaban J connectivity index is 2.46. The topological polar surface area (TPSA) is 34.9 Å². The SMILES string of the molecule is Cc1cc(=O)n2c(n1)SC(CBr)C2. The number of halogens is 1. The van der Waals surface area contributed by atoms with Crippen molar-refractivity contribution in [2.24, 2.45) is 0 Å². The lowest BCUT2D eigenvalue weighted by Gasteiger charge is -2.00. The van der Waals surface area contributed by atoms with E-state index in [9.17, 15) is 4.79 Å². The summed E-state index contributed by atoms with van der Waals surface area (Å²) in [5.74, 6) is 0. The van der Waals surface area contributed by atoms with Crippen molar-refractivity contribution < 1.29 is 0 Å². The van der Waals surface area contributed by atoms with Gasteiger partial charge in [0.2, 0.25) is 0 Å². The zero-order chi connectivity index (χ0) is 9.42. The second-order valence-corrected chi connectivity index (χ2v) is 4.94. The van der Waals surface area contributed by atoms with Crippen LogP contribution in [0.2, 0.25) is 0 Å². The number of hydrogen-bond acceptors (Lipinski definition) is 3. The molecule has 2 rings (SSSR count). The van der Waals surface area contributed by atoms with Crippen LogP contribution in [0, 0.1) is 6.92 Å². The van der Waals surface area contributed by atoms with Crippen molar-refractivity contribution in [1.29, 1.82) is 0 Å². The van der Waals surface area contributed by atoms with Gasteiger partial charge in [-0.1, -0.05) is 27.7 Å². The number of nitrogens with zero attached hydrogens (tertiary/aromatic N) is 2. The number of hydrogen-bond donors (Lipinski definition) is 0. The van der Waals surface area contributed by atoms with Crippen LogP contribution in [0.5, 0.6) is 0 Å². The van der Waals surface area contributed by atoms with Crippen molar-refractivity contribution in [1.82, 2.24) is 9.55 Å². The average molecular weight is 261 g/mol. The molecule has 1 aromatic heterocycles. The highest BCUT2D eigenvalue weighted by Crippen LogP contribution is 2.29. The highest BCUT2D eigenvalue weighted by Gasteiger charge is 2.23. The van der Waals surface area contributed by atoms with E-state index >= 15 is 0 Å². The molecule has 1 atom stereocenters. The van der Waals surface area contributed by atoms with Crippen LogP contribution in [-0.4, -0.2) is 20.1 Å². The lowest BCUT2D eigenvalue weighted by molar-refractivity contribution is 0.617. The van der Waals surface area contributed by atoms with Crippen LogP contribution in [-0.2, 0) is 6.54 Å². The number of thioether (sulfide) groups is 1. The highest BCUT2D eigenvalue weighted by molar-refractivity contribution is 9.09. The third-order valence-electron chi connectivity index (χ3n) is 1.93. The van der Waals surface area contributed by atoms with Crippen LogP contribution >= 0.6 is 27.7 Å². The summed E-state index contributed by atoms with van der Waals surface area (Å²) in [7, 11) is 0. The molecule has 1 aromatic rings. The lowest BCUT2D eigenvalue weighted by Crippen LogP contribution is -2.21. The maximum atomic E-state index is 11.5. The van der Waals surface area contributed by atoms with Gasteiger partial charge >= 0.3 is 0 Å². The van der Waals surface area contributed by atoms with Gasteiger partial charge in [-0.25, -0.2) is 4.98 Å². The Hall–Kier alpha value is -0.290. The van der Waals surface area contributed by atoms with E-state index in [1.54, 1.807) is 22.4 Å². The lowest BCUT2D eigenvalue weighted by atomic mass is 10.4. The molecule has 3 nitrogen and oxygen atoms in total. The summed E-state index contributed by atoms with van der Waals surface area (Å²) in [4.78, 5) is 15.8. The molecule has 1 aliphatic rings. The standard InChI is InChI=1S/C8H9BrN2OS/c1-5-2-7(12)11-4-6(3-9)13-8(11)10-5/h2,6H,3-4H2,1H3. The molecule has 0 saturated heterocycles. The van der Waals surface area contributed by atoms with Gasteiger partial charge in [0.05, 0.1) is 0 Å². The van der Waals surface area contributed by atoms with Crippen molar-refractivity contribution >= 4 is 27.7 Å². The Morgan fingerprint density at radius 1 is 1.85 bits per heavy atom. The van der Waals surface area contributed by atoms with Crippen molar-refractivity contribution in [3.05, 3.63) is 22.1 Å². The highest BCUT2D eigenvalue weighted by atomic mass is 79.9. The third kappa shape index (κ3) is 1.67. The normalized spacial score (nSPS) is 20.3. The number of aromatic nitrogens is 2. The molecule has 0 aromatic carbocycles. The van der Waals surface area contributed by atoms with Crippen molar-refractivity contribution in [2.75, 3.05) is 5.33 Å². The summed E-state index contributed by atoms with van der Waals surface area (Å²) in [5.41, 5.74) is 0.873. The summed E-state index contributed by atoms with van der Waals surface area (Å²) >= 11 is 5.08. The molecule has 5 heteroatoms. The maximum Gasteiger partial charge on any atom is 0.254 e. The Morgan fingerprint density at radius 3 is 3.31 bits per heavy atom. The predicted octanol–water partition coefficient (Wildman–Crippen LogP) is 1.42. The minimum Gasteiger partial charge on any atom is -0.286 e. The molecule has 0 aliphatic carbocycles. The van der Waals surface area contributed by atoms with Crippen molar-refractivity contribution in [2.45, 2.75) is 23.9 Å². The molecule has 2 heterocycles. The second-order valence-electron chi connectivity index (χ2n) is 3.02. The summed E-state index contributed by atoms with van der Waals surface area (Å²) in [5, 5.41) is 2.20. The summed E-state index contributed by atoms with van der Waals surface area (Å²) in [6.07, 6.45) is 0. The van der Waals surface area contributed by atoms with E-state index in [0.29, 0.717) is 5.25 Å². The minimum absolute atomic E-state index is 0.0680. The molecular formula is C8H9BrN2OS. The largest absolute Gasteiger partial charge is 0.286 e. The second kappa shape index (κ2) is 3.46. The monoisotopic (exact) mass is 260 g/mol. The fourth-order valence-electron chi connectivity index (χ4n) is 1.32. The predicted molar refractivity (Wildman–Crippen MR) is 56.7 cm³/mol. The van der Waals surface area contributed by atoms with E-state index in [2.05, 4.69) is 20.9 Å². The number of aryl methyl sites for hydroxylation is 1. The minimum atomic E-state index is 0.0680. The van der Waals surface area contributed by atoms with Gasteiger partial charge in [0.1, 0.15) is 0 Å². The molecule has 70 valence electrons. The third-order valence-corrected chi connectivity index (χ3v) is 4.31. The molecule has 0 saturated carbocycles. The first-order chi connectivity index (χ1) is 6.20. The molecule has 0 radical (unpaired) electrons. The van der Waals surface area contributed by atoms with Crippen LogP contribution in [0.1, 0.15) is 5.69 Å². The van der Waals surface area contributed by atoms with Gasteiger partial charge in [-0.15, -0.1) is 0 Å². The van der Waals surface area contributed by atoms with E-state index in [1.165, 1.54) is 0 Å².